The highest BCUT2D eigenvalue weighted by Crippen LogP contribution is 2.14. The lowest BCUT2D eigenvalue weighted by Crippen LogP contribution is -2.89. The number of likely N-dealkylation sites (N-methyl/N-ethyl adjacent to an activating group) is 1. The van der Waals surface area contributed by atoms with Gasteiger partial charge in [0, 0.05) is 18.5 Å². The van der Waals surface area contributed by atoms with Crippen LogP contribution in [-0.2, 0) is 4.79 Å². The predicted octanol–water partition coefficient (Wildman–Crippen LogP) is 0.540. The Morgan fingerprint density at radius 3 is 2.63 bits per heavy atom. The number of nitrogens with two attached hydrogens (primary N) is 1. The molecule has 1 aromatic carbocycles. The molecule has 0 unspecified atom stereocenters. The molecule has 1 aromatic rings. The van der Waals surface area contributed by atoms with Crippen LogP contribution in [0.4, 0.5) is 4.39 Å². The highest BCUT2D eigenvalue weighted by atomic mass is 19.1. The molecule has 1 saturated heterocycles. The summed E-state index contributed by atoms with van der Waals surface area (Å²) in [4.78, 5) is 25.9. The van der Waals surface area contributed by atoms with Crippen molar-refractivity contribution in [2.45, 2.75) is 25.3 Å². The smallest absolute Gasteiger partial charge is 0.287 e. The van der Waals surface area contributed by atoms with Crippen LogP contribution in [-0.4, -0.2) is 36.3 Å². The van der Waals surface area contributed by atoms with Crippen LogP contribution in [0, 0.1) is 5.82 Å². The molecule has 0 saturated carbocycles. The first kappa shape index (κ1) is 13.7. The van der Waals surface area contributed by atoms with E-state index in [1.165, 1.54) is 29.2 Å². The maximum absolute atomic E-state index is 12.9. The van der Waals surface area contributed by atoms with Gasteiger partial charge in [-0.15, -0.1) is 0 Å². The highest BCUT2D eigenvalue weighted by Gasteiger charge is 2.32. The van der Waals surface area contributed by atoms with E-state index >= 15 is 0 Å². The number of quaternary nitrogens is 1. The summed E-state index contributed by atoms with van der Waals surface area (Å²) in [6.07, 6.45) is 2.56. The Balaban J connectivity index is 2.21. The van der Waals surface area contributed by atoms with Gasteiger partial charge < -0.3 is 5.32 Å². The van der Waals surface area contributed by atoms with Gasteiger partial charge in [-0.25, -0.2) is 4.39 Å². The third-order valence-electron chi connectivity index (χ3n) is 3.47. The van der Waals surface area contributed by atoms with Crippen molar-refractivity contribution in [2.75, 3.05) is 13.6 Å². The lowest BCUT2D eigenvalue weighted by Gasteiger charge is -2.20. The fraction of sp³-hybridized carbons (Fsp3) is 0.429. The molecule has 1 aliphatic heterocycles. The number of likely N-dealkylation sites (tertiary alicyclic amines) is 1. The van der Waals surface area contributed by atoms with Crippen LogP contribution < -0.4 is 5.32 Å². The van der Waals surface area contributed by atoms with E-state index in [1.807, 2.05) is 12.4 Å². The highest BCUT2D eigenvalue weighted by molar-refractivity contribution is 6.05. The number of rotatable bonds is 2. The first-order chi connectivity index (χ1) is 9.13. The maximum Gasteiger partial charge on any atom is 0.287 e. The maximum atomic E-state index is 12.9. The van der Waals surface area contributed by atoms with Gasteiger partial charge in [0.15, 0.2) is 6.04 Å². The Morgan fingerprint density at radius 1 is 1.32 bits per heavy atom. The second kappa shape index (κ2) is 5.93. The van der Waals surface area contributed by atoms with Gasteiger partial charge in [0.05, 0.1) is 7.05 Å². The van der Waals surface area contributed by atoms with E-state index in [1.54, 1.807) is 0 Å². The van der Waals surface area contributed by atoms with Crippen LogP contribution >= 0.6 is 0 Å². The van der Waals surface area contributed by atoms with Crippen molar-refractivity contribution in [3.63, 3.8) is 0 Å². The first-order valence-corrected chi connectivity index (χ1v) is 6.54. The summed E-state index contributed by atoms with van der Waals surface area (Å²) in [7, 11) is 1.84. The molecule has 0 aliphatic carbocycles. The molecule has 1 atom stereocenters. The van der Waals surface area contributed by atoms with Crippen molar-refractivity contribution in [2.24, 2.45) is 0 Å². The minimum atomic E-state index is -0.390. The summed E-state index contributed by atoms with van der Waals surface area (Å²) >= 11 is 0. The van der Waals surface area contributed by atoms with Gasteiger partial charge in [-0.1, -0.05) is 0 Å². The zero-order valence-corrected chi connectivity index (χ0v) is 10.9. The molecule has 0 bridgehead atoms. The van der Waals surface area contributed by atoms with E-state index < -0.39 is 5.82 Å². The van der Waals surface area contributed by atoms with Gasteiger partial charge in [-0.2, -0.15) is 0 Å². The SMILES string of the molecule is C[NH2+][C@@H]1CCCCN(C(=O)c2ccc(F)cc2)C1=O. The Kier molecular flexibility index (Phi) is 4.27. The third kappa shape index (κ3) is 2.98. The number of amides is 2. The Hall–Kier alpha value is -1.75. The molecular formula is C14H18FN2O2+. The standard InChI is InChI=1S/C14H17FN2O2/c1-16-12-4-2-3-9-17(14(12)19)13(18)10-5-7-11(15)8-6-10/h5-8,12,16H,2-4,9H2,1H3/p+1/t12-/m1/s1. The second-order valence-corrected chi connectivity index (χ2v) is 4.74. The molecule has 4 nitrogen and oxygen atoms in total. The average Bonchev–Trinajstić information content (AvgIpc) is 2.60. The van der Waals surface area contributed by atoms with E-state index in [-0.39, 0.29) is 17.9 Å². The summed E-state index contributed by atoms with van der Waals surface area (Å²) in [6, 6.07) is 5.12. The second-order valence-electron chi connectivity index (χ2n) is 4.74. The first-order valence-electron chi connectivity index (χ1n) is 6.54. The van der Waals surface area contributed by atoms with Gasteiger partial charge in [0.2, 0.25) is 0 Å². The molecule has 19 heavy (non-hydrogen) atoms. The molecule has 1 heterocycles. The molecule has 0 spiro atoms. The topological polar surface area (TPSA) is 54.0 Å². The lowest BCUT2D eigenvalue weighted by atomic mass is 10.1. The van der Waals surface area contributed by atoms with Crippen LogP contribution in [0.5, 0.6) is 0 Å². The number of halogens is 1. The third-order valence-corrected chi connectivity index (χ3v) is 3.47. The Labute approximate surface area is 111 Å². The van der Waals surface area contributed by atoms with E-state index in [0.29, 0.717) is 12.1 Å². The molecule has 2 N–H and O–H groups in total. The fourth-order valence-corrected chi connectivity index (χ4v) is 2.33. The molecular weight excluding hydrogens is 247 g/mol. The molecule has 5 heteroatoms. The monoisotopic (exact) mass is 265 g/mol. The normalized spacial score (nSPS) is 20.2. The number of hydrogen-bond donors (Lipinski definition) is 1. The van der Waals surface area contributed by atoms with Crippen molar-refractivity contribution in [3.05, 3.63) is 35.6 Å². The molecule has 1 aliphatic rings. The summed E-state index contributed by atoms with van der Waals surface area (Å²) in [5.74, 6) is -0.869. The zero-order chi connectivity index (χ0) is 13.8. The van der Waals surface area contributed by atoms with Crippen molar-refractivity contribution < 1.29 is 19.3 Å². The van der Waals surface area contributed by atoms with Crippen LogP contribution in [0.1, 0.15) is 29.6 Å². The van der Waals surface area contributed by atoms with Gasteiger partial charge in [-0.3, -0.25) is 14.5 Å². The molecule has 2 amide bonds. The van der Waals surface area contributed by atoms with E-state index in [2.05, 4.69) is 0 Å². The van der Waals surface area contributed by atoms with Crippen LogP contribution in [0.25, 0.3) is 0 Å². The van der Waals surface area contributed by atoms with Crippen molar-refractivity contribution in [3.8, 4) is 0 Å². The molecule has 1 fully saturated rings. The Morgan fingerprint density at radius 2 is 2.00 bits per heavy atom. The lowest BCUT2D eigenvalue weighted by molar-refractivity contribution is -0.651. The van der Waals surface area contributed by atoms with Crippen LogP contribution in [0.3, 0.4) is 0 Å². The van der Waals surface area contributed by atoms with Gasteiger partial charge in [0.25, 0.3) is 11.8 Å². The predicted molar refractivity (Wildman–Crippen MR) is 67.9 cm³/mol. The van der Waals surface area contributed by atoms with Crippen LogP contribution in [0.15, 0.2) is 24.3 Å². The number of imide groups is 1. The molecule has 0 aromatic heterocycles. The summed E-state index contributed by atoms with van der Waals surface area (Å²) < 4.78 is 12.9. The Bertz CT molecular complexity index is 473. The van der Waals surface area contributed by atoms with Gasteiger partial charge in [-0.05, 0) is 37.1 Å². The van der Waals surface area contributed by atoms with E-state index in [4.69, 9.17) is 0 Å². The van der Waals surface area contributed by atoms with Crippen molar-refractivity contribution >= 4 is 11.8 Å². The molecule has 102 valence electrons. The number of carbonyl (C=O) groups excluding carboxylic acids is 2. The minimum absolute atomic E-state index is 0.144. The van der Waals surface area contributed by atoms with Gasteiger partial charge >= 0.3 is 0 Å². The minimum Gasteiger partial charge on any atom is -0.338 e. The average molecular weight is 265 g/mol. The number of nitrogens with zero attached hydrogens (tertiary/aromatic N) is 1. The van der Waals surface area contributed by atoms with Crippen molar-refractivity contribution in [1.82, 2.24) is 4.90 Å². The number of hydrogen-bond acceptors (Lipinski definition) is 2. The summed E-state index contributed by atoms with van der Waals surface area (Å²) in [5, 5.41) is 1.85. The molecule has 0 radical (unpaired) electrons. The zero-order valence-electron chi connectivity index (χ0n) is 10.9. The van der Waals surface area contributed by atoms with Gasteiger partial charge in [0.1, 0.15) is 5.82 Å². The summed E-state index contributed by atoms with van der Waals surface area (Å²) in [5.41, 5.74) is 0.353. The largest absolute Gasteiger partial charge is 0.338 e. The van der Waals surface area contributed by atoms with E-state index in [9.17, 15) is 14.0 Å². The fourth-order valence-electron chi connectivity index (χ4n) is 2.33. The van der Waals surface area contributed by atoms with Crippen molar-refractivity contribution in [1.29, 1.82) is 0 Å². The van der Waals surface area contributed by atoms with Crippen LogP contribution in [0.2, 0.25) is 0 Å². The van der Waals surface area contributed by atoms with E-state index in [0.717, 1.165) is 19.3 Å². The number of carbonyl (C=O) groups is 2. The molecule has 2 rings (SSSR count). The quantitative estimate of drug-likeness (QED) is 0.794. The summed E-state index contributed by atoms with van der Waals surface area (Å²) in [6.45, 7) is 0.444. The number of benzene rings is 1.